The smallest absolute Gasteiger partial charge is 0.166 e. The molecule has 3 rings (SSSR count). The Hall–Kier alpha value is -2.02. The fourth-order valence-corrected chi connectivity index (χ4v) is 3.11. The largest absolute Gasteiger partial charge is 0.379 e. The summed E-state index contributed by atoms with van der Waals surface area (Å²) in [4.78, 5) is 6.69. The van der Waals surface area contributed by atoms with Crippen LogP contribution in [0.3, 0.4) is 0 Å². The number of benzene rings is 1. The molecule has 0 bridgehead atoms. The van der Waals surface area contributed by atoms with Crippen molar-refractivity contribution in [2.75, 3.05) is 32.8 Å². The molecule has 1 fully saturated rings. The third kappa shape index (κ3) is 5.49. The summed E-state index contributed by atoms with van der Waals surface area (Å²) in [6.07, 6.45) is 3.74. The molecule has 0 saturated carbocycles. The van der Waals surface area contributed by atoms with Crippen molar-refractivity contribution < 1.29 is 4.74 Å². The molecule has 2 heterocycles. The van der Waals surface area contributed by atoms with Crippen LogP contribution in [-0.2, 0) is 11.3 Å². The van der Waals surface area contributed by atoms with Crippen LogP contribution < -0.4 is 10.6 Å². The van der Waals surface area contributed by atoms with Crippen molar-refractivity contribution >= 4 is 17.3 Å². The van der Waals surface area contributed by atoms with Gasteiger partial charge in [-0.15, -0.1) is 0 Å². The van der Waals surface area contributed by atoms with Crippen molar-refractivity contribution in [1.82, 2.24) is 20.5 Å². The van der Waals surface area contributed by atoms with Crippen molar-refractivity contribution in [3.63, 3.8) is 0 Å². The Labute approximate surface area is 154 Å². The van der Waals surface area contributed by atoms with E-state index in [4.69, 9.17) is 17.0 Å². The van der Waals surface area contributed by atoms with Crippen LogP contribution in [0, 0.1) is 0 Å². The molecular weight excluding hydrogens is 332 g/mol. The molecule has 0 unspecified atom stereocenters. The van der Waals surface area contributed by atoms with E-state index in [9.17, 15) is 0 Å². The van der Waals surface area contributed by atoms with Crippen molar-refractivity contribution in [3.8, 4) is 0 Å². The maximum absolute atomic E-state index is 5.48. The summed E-state index contributed by atoms with van der Waals surface area (Å²) < 4.78 is 5.48. The normalized spacial score (nSPS) is 16.2. The maximum Gasteiger partial charge on any atom is 0.166 e. The molecule has 1 aromatic carbocycles. The Kier molecular flexibility index (Phi) is 6.73. The molecule has 1 aliphatic rings. The molecule has 0 spiro atoms. The van der Waals surface area contributed by atoms with Gasteiger partial charge in [0, 0.05) is 38.6 Å². The molecule has 5 nitrogen and oxygen atoms in total. The Bertz CT molecular complexity index is 647. The summed E-state index contributed by atoms with van der Waals surface area (Å²) in [6.45, 7) is 4.85. The molecule has 1 saturated heterocycles. The molecular formula is C19H24N4OS. The lowest BCUT2D eigenvalue weighted by molar-refractivity contribution is 0.0169. The number of pyridine rings is 1. The monoisotopic (exact) mass is 356 g/mol. The van der Waals surface area contributed by atoms with Gasteiger partial charge < -0.3 is 15.4 Å². The second-order valence-corrected chi connectivity index (χ2v) is 6.41. The minimum Gasteiger partial charge on any atom is -0.379 e. The van der Waals surface area contributed by atoms with Crippen LogP contribution in [0.15, 0.2) is 54.9 Å². The van der Waals surface area contributed by atoms with Crippen molar-refractivity contribution in [2.45, 2.75) is 12.6 Å². The fourth-order valence-electron chi connectivity index (χ4n) is 2.95. The van der Waals surface area contributed by atoms with Crippen LogP contribution in [0.25, 0.3) is 0 Å². The predicted molar refractivity (Wildman–Crippen MR) is 103 cm³/mol. The number of hydrogen-bond donors (Lipinski definition) is 2. The highest BCUT2D eigenvalue weighted by Crippen LogP contribution is 2.20. The number of aromatic nitrogens is 1. The van der Waals surface area contributed by atoms with Crippen LogP contribution in [0.5, 0.6) is 0 Å². The highest BCUT2D eigenvalue weighted by atomic mass is 32.1. The van der Waals surface area contributed by atoms with Crippen LogP contribution in [0.1, 0.15) is 17.2 Å². The van der Waals surface area contributed by atoms with E-state index < -0.39 is 0 Å². The molecule has 0 radical (unpaired) electrons. The zero-order chi connectivity index (χ0) is 17.3. The molecule has 1 atom stereocenters. The summed E-state index contributed by atoms with van der Waals surface area (Å²) in [6, 6.07) is 14.6. The predicted octanol–water partition coefficient (Wildman–Crippen LogP) is 2.12. The van der Waals surface area contributed by atoms with E-state index in [0.29, 0.717) is 5.11 Å². The van der Waals surface area contributed by atoms with Gasteiger partial charge >= 0.3 is 0 Å². The molecule has 25 heavy (non-hydrogen) atoms. The van der Waals surface area contributed by atoms with Gasteiger partial charge in [0.25, 0.3) is 0 Å². The molecule has 1 aromatic heterocycles. The van der Waals surface area contributed by atoms with Crippen molar-refractivity contribution in [1.29, 1.82) is 0 Å². The average molecular weight is 356 g/mol. The summed E-state index contributed by atoms with van der Waals surface area (Å²) in [5.74, 6) is 0. The number of ether oxygens (including phenoxy) is 1. The van der Waals surface area contributed by atoms with Gasteiger partial charge in [-0.2, -0.15) is 0 Å². The zero-order valence-corrected chi connectivity index (χ0v) is 15.0. The minimum absolute atomic E-state index is 0.231. The first-order valence-electron chi connectivity index (χ1n) is 8.60. The quantitative estimate of drug-likeness (QED) is 0.774. The van der Waals surface area contributed by atoms with E-state index in [1.54, 1.807) is 6.20 Å². The van der Waals surface area contributed by atoms with Crippen LogP contribution in [0.4, 0.5) is 0 Å². The number of thiocarbonyl (C=S) groups is 1. The maximum atomic E-state index is 5.48. The van der Waals surface area contributed by atoms with Gasteiger partial charge in [0.2, 0.25) is 0 Å². The summed E-state index contributed by atoms with van der Waals surface area (Å²) in [5, 5.41) is 7.30. The second-order valence-electron chi connectivity index (χ2n) is 6.00. The van der Waals surface area contributed by atoms with Gasteiger partial charge in [0.15, 0.2) is 5.11 Å². The number of morpholine rings is 1. The molecule has 6 heteroatoms. The highest BCUT2D eigenvalue weighted by molar-refractivity contribution is 7.80. The molecule has 2 N–H and O–H groups in total. The number of rotatable bonds is 6. The minimum atomic E-state index is 0.231. The highest BCUT2D eigenvalue weighted by Gasteiger charge is 2.22. The lowest BCUT2D eigenvalue weighted by Gasteiger charge is -2.35. The van der Waals surface area contributed by atoms with Gasteiger partial charge in [0.1, 0.15) is 0 Å². The SMILES string of the molecule is S=C(NCc1ccccc1)NC[C@@H](c1cccnc1)N1CCOCC1. The van der Waals surface area contributed by atoms with Crippen LogP contribution in [-0.4, -0.2) is 47.8 Å². The van der Waals surface area contributed by atoms with E-state index in [1.807, 2.05) is 30.5 Å². The first kappa shape index (κ1) is 17.8. The fraction of sp³-hybridized carbons (Fsp3) is 0.368. The lowest BCUT2D eigenvalue weighted by atomic mass is 10.1. The second kappa shape index (κ2) is 9.46. The Morgan fingerprint density at radius 1 is 1.12 bits per heavy atom. The van der Waals surface area contributed by atoms with Gasteiger partial charge in [-0.25, -0.2) is 0 Å². The number of nitrogens with zero attached hydrogens (tertiary/aromatic N) is 2. The molecule has 2 aromatic rings. The Balaban J connectivity index is 1.55. The first-order valence-corrected chi connectivity index (χ1v) is 9.01. The van der Waals surface area contributed by atoms with E-state index in [1.165, 1.54) is 11.1 Å². The Morgan fingerprint density at radius 3 is 2.64 bits per heavy atom. The summed E-state index contributed by atoms with van der Waals surface area (Å²) >= 11 is 5.44. The first-order chi connectivity index (χ1) is 12.3. The van der Waals surface area contributed by atoms with Gasteiger partial charge in [0.05, 0.1) is 19.3 Å². The van der Waals surface area contributed by atoms with E-state index in [0.717, 1.165) is 39.4 Å². The van der Waals surface area contributed by atoms with Gasteiger partial charge in [-0.3, -0.25) is 9.88 Å². The standard InChI is InChI=1S/C19H24N4OS/c25-19(21-13-16-5-2-1-3-6-16)22-15-18(17-7-4-8-20-14-17)23-9-11-24-12-10-23/h1-8,14,18H,9-13,15H2,(H2,21,22,25)/t18-/m0/s1. The van der Waals surface area contributed by atoms with Gasteiger partial charge in [-0.1, -0.05) is 36.4 Å². The van der Waals surface area contributed by atoms with Crippen LogP contribution >= 0.6 is 12.2 Å². The van der Waals surface area contributed by atoms with Crippen molar-refractivity contribution in [2.24, 2.45) is 0 Å². The van der Waals surface area contributed by atoms with Crippen LogP contribution in [0.2, 0.25) is 0 Å². The molecule has 132 valence electrons. The number of hydrogen-bond acceptors (Lipinski definition) is 4. The molecule has 0 amide bonds. The third-order valence-electron chi connectivity index (χ3n) is 4.31. The topological polar surface area (TPSA) is 49.4 Å². The third-order valence-corrected chi connectivity index (χ3v) is 4.60. The molecule has 1 aliphatic heterocycles. The average Bonchev–Trinajstić information content (AvgIpc) is 2.69. The summed E-state index contributed by atoms with van der Waals surface area (Å²) in [5.41, 5.74) is 2.41. The molecule has 0 aliphatic carbocycles. The van der Waals surface area contributed by atoms with E-state index in [2.05, 4.69) is 38.7 Å². The number of nitrogens with one attached hydrogen (secondary N) is 2. The zero-order valence-electron chi connectivity index (χ0n) is 14.2. The van der Waals surface area contributed by atoms with E-state index >= 15 is 0 Å². The van der Waals surface area contributed by atoms with Gasteiger partial charge in [-0.05, 0) is 29.4 Å². The van der Waals surface area contributed by atoms with E-state index in [-0.39, 0.29) is 6.04 Å². The lowest BCUT2D eigenvalue weighted by Crippen LogP contribution is -2.45. The summed E-state index contributed by atoms with van der Waals surface area (Å²) in [7, 11) is 0. The van der Waals surface area contributed by atoms with Crippen molar-refractivity contribution in [3.05, 3.63) is 66.0 Å². The Morgan fingerprint density at radius 2 is 1.92 bits per heavy atom.